The zero-order valence-electron chi connectivity index (χ0n) is 14.0. The van der Waals surface area contributed by atoms with E-state index in [1.165, 1.54) is 16.3 Å². The summed E-state index contributed by atoms with van der Waals surface area (Å²) in [6.45, 7) is 3.95. The number of hydrogen-bond acceptors (Lipinski definition) is 7. The van der Waals surface area contributed by atoms with Gasteiger partial charge in [-0.15, -0.1) is 10.2 Å². The van der Waals surface area contributed by atoms with E-state index in [9.17, 15) is 4.79 Å². The molecule has 4 aromatic rings. The molecule has 0 fully saturated rings. The number of para-hydroxylation sites is 1. The fraction of sp³-hybridized carbons (Fsp3) is 0.312. The van der Waals surface area contributed by atoms with Gasteiger partial charge in [-0.25, -0.2) is 0 Å². The third-order valence-electron chi connectivity index (χ3n) is 4.03. The third-order valence-corrected chi connectivity index (χ3v) is 5.06. The third kappa shape index (κ3) is 2.51. The van der Waals surface area contributed by atoms with Gasteiger partial charge in [-0.3, -0.25) is 13.8 Å². The van der Waals surface area contributed by atoms with Gasteiger partial charge in [-0.1, -0.05) is 36.0 Å². The summed E-state index contributed by atoms with van der Waals surface area (Å²) in [6.07, 6.45) is 0.724. The molecule has 0 N–H and O–H groups in total. The first kappa shape index (κ1) is 15.8. The molecule has 3 aromatic heterocycles. The molecule has 0 radical (unpaired) electrons. The van der Waals surface area contributed by atoms with Crippen LogP contribution < -0.4 is 5.56 Å². The molecule has 25 heavy (non-hydrogen) atoms. The summed E-state index contributed by atoms with van der Waals surface area (Å²) in [5.41, 5.74) is 0.685. The van der Waals surface area contributed by atoms with Crippen LogP contribution in [0.15, 0.2) is 38.7 Å². The molecule has 4 rings (SSSR count). The van der Waals surface area contributed by atoms with Crippen LogP contribution >= 0.6 is 11.8 Å². The molecule has 128 valence electrons. The molecule has 0 aliphatic heterocycles. The fourth-order valence-corrected chi connectivity index (χ4v) is 3.56. The zero-order chi connectivity index (χ0) is 17.6. The molecule has 3 heterocycles. The molecule has 0 aliphatic rings. The van der Waals surface area contributed by atoms with Crippen LogP contribution in [0.2, 0.25) is 0 Å². The van der Waals surface area contributed by atoms with Gasteiger partial charge in [-0.05, 0) is 19.1 Å². The predicted molar refractivity (Wildman–Crippen MR) is 93.7 cm³/mol. The van der Waals surface area contributed by atoms with E-state index in [1.807, 2.05) is 36.4 Å². The Morgan fingerprint density at radius 2 is 2.08 bits per heavy atom. The Hall–Kier alpha value is -2.68. The second-order valence-electron chi connectivity index (χ2n) is 5.66. The van der Waals surface area contributed by atoms with Crippen LogP contribution in [0.25, 0.3) is 16.7 Å². The van der Waals surface area contributed by atoms with Crippen molar-refractivity contribution in [3.63, 3.8) is 0 Å². The van der Waals surface area contributed by atoms with Gasteiger partial charge >= 0.3 is 0 Å². The number of aromatic nitrogens is 6. The van der Waals surface area contributed by atoms with Crippen LogP contribution in [0, 0.1) is 0 Å². The van der Waals surface area contributed by atoms with Crippen molar-refractivity contribution < 1.29 is 4.52 Å². The van der Waals surface area contributed by atoms with Gasteiger partial charge in [0.1, 0.15) is 0 Å². The van der Waals surface area contributed by atoms with E-state index >= 15 is 0 Å². The highest BCUT2D eigenvalue weighted by atomic mass is 32.2. The first-order chi connectivity index (χ1) is 12.1. The lowest BCUT2D eigenvalue weighted by molar-refractivity contribution is 0.375. The summed E-state index contributed by atoms with van der Waals surface area (Å²) < 4.78 is 8.70. The molecule has 1 aromatic carbocycles. The molecular formula is C16H16N6O2S. The van der Waals surface area contributed by atoms with Crippen LogP contribution in [-0.4, -0.2) is 29.3 Å². The maximum atomic E-state index is 12.5. The van der Waals surface area contributed by atoms with Crippen LogP contribution in [-0.2, 0) is 13.5 Å². The summed E-state index contributed by atoms with van der Waals surface area (Å²) in [6, 6.07) is 7.44. The smallest absolute Gasteiger partial charge is 0.262 e. The van der Waals surface area contributed by atoms with Crippen molar-refractivity contribution in [2.75, 3.05) is 0 Å². The minimum absolute atomic E-state index is 0.0869. The molecule has 1 atom stereocenters. The Labute approximate surface area is 146 Å². The standard InChI is InChI=1S/C16H16N6O2S/c1-4-12-17-13(24-20-12)9(2)25-16-19-18-15-21(3)14(23)10-7-5-6-8-11(10)22(15)16/h5-9H,4H2,1-3H3. The molecule has 0 amide bonds. The van der Waals surface area contributed by atoms with E-state index in [2.05, 4.69) is 20.3 Å². The van der Waals surface area contributed by atoms with Crippen LogP contribution in [0.3, 0.4) is 0 Å². The average Bonchev–Trinajstić information content (AvgIpc) is 3.27. The van der Waals surface area contributed by atoms with Crippen molar-refractivity contribution in [1.29, 1.82) is 0 Å². The summed E-state index contributed by atoms with van der Waals surface area (Å²) in [5.74, 6) is 1.73. The lowest BCUT2D eigenvalue weighted by atomic mass is 10.2. The van der Waals surface area contributed by atoms with E-state index in [0.29, 0.717) is 28.0 Å². The Balaban J connectivity index is 1.84. The zero-order valence-corrected chi connectivity index (χ0v) is 14.8. The van der Waals surface area contributed by atoms with E-state index < -0.39 is 0 Å². The van der Waals surface area contributed by atoms with Gasteiger partial charge in [0.2, 0.25) is 11.7 Å². The molecule has 0 saturated heterocycles. The van der Waals surface area contributed by atoms with Crippen LogP contribution in [0.5, 0.6) is 0 Å². The minimum Gasteiger partial charge on any atom is -0.338 e. The monoisotopic (exact) mass is 356 g/mol. The number of rotatable bonds is 4. The highest BCUT2D eigenvalue weighted by molar-refractivity contribution is 7.99. The Bertz CT molecular complexity index is 1130. The maximum Gasteiger partial charge on any atom is 0.262 e. The van der Waals surface area contributed by atoms with E-state index in [-0.39, 0.29) is 10.8 Å². The molecule has 0 saturated carbocycles. The molecule has 1 unspecified atom stereocenters. The first-order valence-corrected chi connectivity index (χ1v) is 8.80. The Morgan fingerprint density at radius 3 is 2.84 bits per heavy atom. The number of aryl methyl sites for hydroxylation is 2. The maximum absolute atomic E-state index is 12.5. The summed E-state index contributed by atoms with van der Waals surface area (Å²) >= 11 is 1.46. The van der Waals surface area contributed by atoms with Crippen molar-refractivity contribution in [2.24, 2.45) is 7.05 Å². The first-order valence-electron chi connectivity index (χ1n) is 7.92. The van der Waals surface area contributed by atoms with E-state index in [4.69, 9.17) is 4.52 Å². The van der Waals surface area contributed by atoms with Crippen molar-refractivity contribution >= 4 is 28.4 Å². The van der Waals surface area contributed by atoms with Crippen molar-refractivity contribution in [1.82, 2.24) is 29.3 Å². The molecule has 9 heteroatoms. The average molecular weight is 356 g/mol. The van der Waals surface area contributed by atoms with Crippen molar-refractivity contribution in [2.45, 2.75) is 30.7 Å². The van der Waals surface area contributed by atoms with Crippen molar-refractivity contribution in [3.05, 3.63) is 46.3 Å². The Morgan fingerprint density at radius 1 is 1.28 bits per heavy atom. The summed E-state index contributed by atoms with van der Waals surface area (Å²) in [4.78, 5) is 16.8. The predicted octanol–water partition coefficient (Wildman–Crippen LogP) is 2.38. The molecule has 0 bridgehead atoms. The van der Waals surface area contributed by atoms with Crippen LogP contribution in [0.4, 0.5) is 0 Å². The second-order valence-corrected chi connectivity index (χ2v) is 6.97. The highest BCUT2D eigenvalue weighted by Crippen LogP contribution is 2.33. The highest BCUT2D eigenvalue weighted by Gasteiger charge is 2.20. The van der Waals surface area contributed by atoms with Gasteiger partial charge in [0.15, 0.2) is 11.0 Å². The topological polar surface area (TPSA) is 91.1 Å². The summed E-state index contributed by atoms with van der Waals surface area (Å²) in [5, 5.41) is 13.6. The van der Waals surface area contributed by atoms with Gasteiger partial charge in [-0.2, -0.15) is 4.98 Å². The van der Waals surface area contributed by atoms with Crippen LogP contribution in [0.1, 0.15) is 30.8 Å². The molecule has 8 nitrogen and oxygen atoms in total. The summed E-state index contributed by atoms with van der Waals surface area (Å²) in [7, 11) is 1.70. The molecule has 0 spiro atoms. The normalized spacial score (nSPS) is 12.9. The lowest BCUT2D eigenvalue weighted by Gasteiger charge is -2.09. The SMILES string of the molecule is CCc1noc(C(C)Sc2nnc3n(C)c(=O)c4ccccc4n23)n1. The quantitative estimate of drug-likeness (QED) is 0.518. The number of benzene rings is 1. The largest absolute Gasteiger partial charge is 0.338 e. The van der Waals surface area contributed by atoms with E-state index in [0.717, 1.165) is 11.9 Å². The number of fused-ring (bicyclic) bond motifs is 3. The van der Waals surface area contributed by atoms with Gasteiger partial charge in [0.25, 0.3) is 5.56 Å². The van der Waals surface area contributed by atoms with E-state index in [1.54, 1.807) is 13.1 Å². The number of thioether (sulfide) groups is 1. The second kappa shape index (κ2) is 5.99. The number of hydrogen-bond donors (Lipinski definition) is 0. The van der Waals surface area contributed by atoms with Gasteiger partial charge in [0.05, 0.1) is 16.2 Å². The van der Waals surface area contributed by atoms with Gasteiger partial charge < -0.3 is 4.52 Å². The van der Waals surface area contributed by atoms with Gasteiger partial charge in [0, 0.05) is 13.5 Å². The number of nitrogens with zero attached hydrogens (tertiary/aromatic N) is 6. The fourth-order valence-electron chi connectivity index (χ4n) is 2.67. The lowest BCUT2D eigenvalue weighted by Crippen LogP contribution is -2.20. The van der Waals surface area contributed by atoms with Crippen molar-refractivity contribution in [3.8, 4) is 0 Å². The molecular weight excluding hydrogens is 340 g/mol. The minimum atomic E-state index is -0.0930. The molecule has 0 aliphatic carbocycles. The Kier molecular flexibility index (Phi) is 3.79.